The van der Waals surface area contributed by atoms with Gasteiger partial charge in [-0.2, -0.15) is 0 Å². The first kappa shape index (κ1) is 12.1. The first-order valence-electron chi connectivity index (χ1n) is 6.62. The van der Waals surface area contributed by atoms with Crippen molar-refractivity contribution in [3.63, 3.8) is 0 Å². The minimum absolute atomic E-state index is 0.159. The summed E-state index contributed by atoms with van der Waals surface area (Å²) in [6.45, 7) is 1.66. The highest BCUT2D eigenvalue weighted by Gasteiger charge is 2.33. The zero-order chi connectivity index (χ0) is 12.5. The van der Waals surface area contributed by atoms with Gasteiger partial charge < -0.3 is 14.3 Å². The molecule has 5 heteroatoms. The van der Waals surface area contributed by atoms with Crippen LogP contribution in [0.4, 0.5) is 0 Å². The van der Waals surface area contributed by atoms with Crippen LogP contribution in [0, 0.1) is 0 Å². The number of aliphatic hydroxyl groups excluding tert-OH is 1. The molecule has 2 aliphatic rings. The SMILES string of the molecule is CO[C@H]1C[C@@H](CO)N(Cc2ncc(C3CC3)o2)C1. The van der Waals surface area contributed by atoms with E-state index in [-0.39, 0.29) is 18.8 Å². The summed E-state index contributed by atoms with van der Waals surface area (Å²) < 4.78 is 11.1. The number of oxazole rings is 1. The molecule has 1 aromatic rings. The van der Waals surface area contributed by atoms with Gasteiger partial charge in [0, 0.05) is 25.6 Å². The lowest BCUT2D eigenvalue weighted by Crippen LogP contribution is -2.32. The second kappa shape index (κ2) is 4.99. The van der Waals surface area contributed by atoms with Crippen LogP contribution in [0.5, 0.6) is 0 Å². The van der Waals surface area contributed by atoms with Gasteiger partial charge in [-0.15, -0.1) is 0 Å². The van der Waals surface area contributed by atoms with E-state index in [2.05, 4.69) is 9.88 Å². The zero-order valence-corrected chi connectivity index (χ0v) is 10.7. The standard InChI is InChI=1S/C13H20N2O3/c1-17-11-4-10(8-16)15(6-11)7-13-14-5-12(18-13)9-2-3-9/h5,9-11,16H,2-4,6-8H2,1H3/t10-,11-/m0/s1. The number of aromatic nitrogens is 1. The van der Waals surface area contributed by atoms with Crippen LogP contribution in [0.15, 0.2) is 10.6 Å². The van der Waals surface area contributed by atoms with E-state index >= 15 is 0 Å². The molecule has 18 heavy (non-hydrogen) atoms. The Balaban J connectivity index is 1.63. The van der Waals surface area contributed by atoms with E-state index in [1.807, 2.05) is 6.20 Å². The van der Waals surface area contributed by atoms with Crippen LogP contribution >= 0.6 is 0 Å². The van der Waals surface area contributed by atoms with E-state index < -0.39 is 0 Å². The lowest BCUT2D eigenvalue weighted by Gasteiger charge is -2.20. The summed E-state index contributed by atoms with van der Waals surface area (Å²) in [5.74, 6) is 2.38. The molecule has 1 aliphatic heterocycles. The van der Waals surface area contributed by atoms with E-state index in [0.29, 0.717) is 12.5 Å². The Labute approximate surface area is 107 Å². The van der Waals surface area contributed by atoms with Crippen molar-refractivity contribution in [1.29, 1.82) is 0 Å². The van der Waals surface area contributed by atoms with Gasteiger partial charge in [0.2, 0.25) is 5.89 Å². The highest BCUT2D eigenvalue weighted by molar-refractivity contribution is 5.08. The fourth-order valence-electron chi connectivity index (χ4n) is 2.62. The molecule has 1 aromatic heterocycles. The summed E-state index contributed by atoms with van der Waals surface area (Å²) >= 11 is 0. The number of hydrogen-bond donors (Lipinski definition) is 1. The molecule has 1 saturated carbocycles. The molecule has 0 aromatic carbocycles. The molecule has 100 valence electrons. The second-order valence-corrected chi connectivity index (χ2v) is 5.29. The summed E-state index contributed by atoms with van der Waals surface area (Å²) in [5.41, 5.74) is 0. The summed E-state index contributed by atoms with van der Waals surface area (Å²) in [5, 5.41) is 9.38. The topological polar surface area (TPSA) is 58.7 Å². The molecule has 3 rings (SSSR count). The van der Waals surface area contributed by atoms with E-state index in [4.69, 9.17) is 9.15 Å². The average Bonchev–Trinajstić information content (AvgIpc) is 3.00. The van der Waals surface area contributed by atoms with Gasteiger partial charge >= 0.3 is 0 Å². The molecule has 2 fully saturated rings. The molecular formula is C13H20N2O3. The lowest BCUT2D eigenvalue weighted by molar-refractivity contribution is 0.105. The first-order valence-corrected chi connectivity index (χ1v) is 6.62. The van der Waals surface area contributed by atoms with Crippen LogP contribution in [0.2, 0.25) is 0 Å². The minimum Gasteiger partial charge on any atom is -0.444 e. The van der Waals surface area contributed by atoms with Crippen LogP contribution < -0.4 is 0 Å². The molecule has 0 unspecified atom stereocenters. The van der Waals surface area contributed by atoms with Gasteiger partial charge in [-0.25, -0.2) is 4.98 Å². The van der Waals surface area contributed by atoms with E-state index in [9.17, 15) is 5.11 Å². The van der Waals surface area contributed by atoms with Crippen LogP contribution in [0.25, 0.3) is 0 Å². The summed E-state index contributed by atoms with van der Waals surface area (Å²) in [6, 6.07) is 0.159. The fourth-order valence-corrected chi connectivity index (χ4v) is 2.62. The minimum atomic E-state index is 0.159. The molecule has 1 N–H and O–H groups in total. The third-order valence-corrected chi connectivity index (χ3v) is 3.92. The molecule has 5 nitrogen and oxygen atoms in total. The average molecular weight is 252 g/mol. The first-order chi connectivity index (χ1) is 8.80. The highest BCUT2D eigenvalue weighted by Crippen LogP contribution is 2.40. The molecule has 0 bridgehead atoms. The zero-order valence-electron chi connectivity index (χ0n) is 10.7. The van der Waals surface area contributed by atoms with Crippen molar-refractivity contribution in [3.05, 3.63) is 17.8 Å². The number of rotatable bonds is 5. The van der Waals surface area contributed by atoms with Crippen LogP contribution in [-0.4, -0.2) is 47.4 Å². The maximum atomic E-state index is 9.38. The van der Waals surface area contributed by atoms with Crippen molar-refractivity contribution in [1.82, 2.24) is 9.88 Å². The molecular weight excluding hydrogens is 232 g/mol. The summed E-state index contributed by atoms with van der Waals surface area (Å²) in [4.78, 5) is 6.52. The Morgan fingerprint density at radius 2 is 2.39 bits per heavy atom. The number of hydrogen-bond acceptors (Lipinski definition) is 5. The molecule has 0 spiro atoms. The molecule has 1 saturated heterocycles. The quantitative estimate of drug-likeness (QED) is 0.851. The summed E-state index contributed by atoms with van der Waals surface area (Å²) in [6.07, 6.45) is 5.39. The predicted molar refractivity (Wildman–Crippen MR) is 65.2 cm³/mol. The molecule has 2 atom stereocenters. The van der Waals surface area contributed by atoms with Crippen molar-refractivity contribution in [3.8, 4) is 0 Å². The van der Waals surface area contributed by atoms with Gasteiger partial charge in [0.05, 0.1) is 25.5 Å². The van der Waals surface area contributed by atoms with Gasteiger partial charge in [-0.3, -0.25) is 4.90 Å². The predicted octanol–water partition coefficient (Wildman–Crippen LogP) is 1.13. The molecule has 1 aliphatic carbocycles. The highest BCUT2D eigenvalue weighted by atomic mass is 16.5. The van der Waals surface area contributed by atoms with Gasteiger partial charge in [0.1, 0.15) is 5.76 Å². The maximum absolute atomic E-state index is 9.38. The van der Waals surface area contributed by atoms with Crippen molar-refractivity contribution in [2.24, 2.45) is 0 Å². The molecule has 2 heterocycles. The van der Waals surface area contributed by atoms with Gasteiger partial charge in [0.15, 0.2) is 0 Å². The Morgan fingerprint density at radius 3 is 3.06 bits per heavy atom. The van der Waals surface area contributed by atoms with Crippen molar-refractivity contribution in [2.75, 3.05) is 20.3 Å². The van der Waals surface area contributed by atoms with Gasteiger partial charge in [-0.05, 0) is 19.3 Å². The normalized spacial score (nSPS) is 29.0. The Kier molecular flexibility index (Phi) is 3.37. The third kappa shape index (κ3) is 2.43. The van der Waals surface area contributed by atoms with Crippen molar-refractivity contribution < 1.29 is 14.3 Å². The largest absolute Gasteiger partial charge is 0.444 e. The van der Waals surface area contributed by atoms with Crippen LogP contribution in [0.3, 0.4) is 0 Å². The lowest BCUT2D eigenvalue weighted by atomic mass is 10.2. The maximum Gasteiger partial charge on any atom is 0.208 e. The molecule has 0 amide bonds. The second-order valence-electron chi connectivity index (χ2n) is 5.29. The van der Waals surface area contributed by atoms with Crippen LogP contribution in [0.1, 0.15) is 36.8 Å². The van der Waals surface area contributed by atoms with E-state index in [0.717, 1.165) is 24.6 Å². The van der Waals surface area contributed by atoms with Gasteiger partial charge in [0.25, 0.3) is 0 Å². The van der Waals surface area contributed by atoms with Crippen molar-refractivity contribution in [2.45, 2.75) is 43.9 Å². The fraction of sp³-hybridized carbons (Fsp3) is 0.769. The number of likely N-dealkylation sites (tertiary alicyclic amines) is 1. The Bertz CT molecular complexity index is 403. The Hall–Kier alpha value is -0.910. The van der Waals surface area contributed by atoms with Crippen LogP contribution in [-0.2, 0) is 11.3 Å². The number of nitrogens with zero attached hydrogens (tertiary/aromatic N) is 2. The number of aliphatic hydroxyl groups is 1. The number of ether oxygens (including phenoxy) is 1. The number of methoxy groups -OCH3 is 1. The molecule has 0 radical (unpaired) electrons. The third-order valence-electron chi connectivity index (χ3n) is 3.92. The van der Waals surface area contributed by atoms with E-state index in [1.165, 1.54) is 12.8 Å². The smallest absolute Gasteiger partial charge is 0.208 e. The monoisotopic (exact) mass is 252 g/mol. The Morgan fingerprint density at radius 1 is 1.56 bits per heavy atom. The van der Waals surface area contributed by atoms with E-state index in [1.54, 1.807) is 7.11 Å². The van der Waals surface area contributed by atoms with Crippen molar-refractivity contribution >= 4 is 0 Å². The summed E-state index contributed by atoms with van der Waals surface area (Å²) in [7, 11) is 1.72. The van der Waals surface area contributed by atoms with Gasteiger partial charge in [-0.1, -0.05) is 0 Å².